The predicted molar refractivity (Wildman–Crippen MR) is 65.7 cm³/mol. The van der Waals surface area contributed by atoms with E-state index in [2.05, 4.69) is 5.32 Å². The Hall–Kier alpha value is -1.06. The zero-order valence-electron chi connectivity index (χ0n) is 10.6. The Morgan fingerprint density at radius 3 is 2.29 bits per heavy atom. The van der Waals surface area contributed by atoms with Crippen LogP contribution in [0.2, 0.25) is 0 Å². The standard InChI is InChI=1S/C13H23NO3/c1-2-7-11(13(16)17)14-12(15)10-8-5-3-4-6-9-10/h10-11H,2-9H2,1H3,(H,14,15)(H,16,17)/t11-/m0/s1. The summed E-state index contributed by atoms with van der Waals surface area (Å²) in [6.45, 7) is 1.92. The van der Waals surface area contributed by atoms with E-state index in [1.165, 1.54) is 12.8 Å². The molecular weight excluding hydrogens is 218 g/mol. The van der Waals surface area contributed by atoms with Crippen molar-refractivity contribution in [3.63, 3.8) is 0 Å². The molecule has 4 heteroatoms. The average Bonchev–Trinajstić information content (AvgIpc) is 2.56. The highest BCUT2D eigenvalue weighted by molar-refractivity contribution is 5.84. The van der Waals surface area contributed by atoms with Crippen molar-refractivity contribution in [2.75, 3.05) is 0 Å². The van der Waals surface area contributed by atoms with E-state index in [0.717, 1.165) is 32.1 Å². The van der Waals surface area contributed by atoms with E-state index in [4.69, 9.17) is 5.11 Å². The lowest BCUT2D eigenvalue weighted by Gasteiger charge is -2.18. The molecule has 1 aliphatic rings. The minimum atomic E-state index is -0.922. The fraction of sp³-hybridized carbons (Fsp3) is 0.846. The summed E-state index contributed by atoms with van der Waals surface area (Å²) in [6, 6.07) is -0.712. The summed E-state index contributed by atoms with van der Waals surface area (Å²) in [7, 11) is 0. The van der Waals surface area contributed by atoms with Crippen molar-refractivity contribution in [2.24, 2.45) is 5.92 Å². The lowest BCUT2D eigenvalue weighted by molar-refractivity contribution is -0.142. The molecule has 0 radical (unpaired) electrons. The van der Waals surface area contributed by atoms with E-state index >= 15 is 0 Å². The molecule has 0 saturated heterocycles. The first-order valence-corrected chi connectivity index (χ1v) is 6.68. The molecule has 0 aromatic rings. The SMILES string of the molecule is CCC[C@H](NC(=O)C1CCCCCC1)C(=O)O. The summed E-state index contributed by atoms with van der Waals surface area (Å²) in [4.78, 5) is 22.9. The molecule has 2 N–H and O–H groups in total. The van der Waals surface area contributed by atoms with Gasteiger partial charge in [-0.2, -0.15) is 0 Å². The summed E-state index contributed by atoms with van der Waals surface area (Å²) >= 11 is 0. The third-order valence-electron chi connectivity index (χ3n) is 3.42. The van der Waals surface area contributed by atoms with Crippen molar-refractivity contribution in [2.45, 2.75) is 64.3 Å². The van der Waals surface area contributed by atoms with E-state index in [0.29, 0.717) is 6.42 Å². The Balaban J connectivity index is 2.47. The van der Waals surface area contributed by atoms with E-state index in [1.807, 2.05) is 6.92 Å². The number of carboxylic acid groups (broad SMARTS) is 1. The average molecular weight is 241 g/mol. The van der Waals surface area contributed by atoms with Crippen molar-refractivity contribution in [3.8, 4) is 0 Å². The van der Waals surface area contributed by atoms with Crippen LogP contribution in [0.15, 0.2) is 0 Å². The first-order chi connectivity index (χ1) is 8.15. The molecule has 1 amide bonds. The minimum Gasteiger partial charge on any atom is -0.480 e. The first-order valence-electron chi connectivity index (χ1n) is 6.68. The van der Waals surface area contributed by atoms with Crippen molar-refractivity contribution >= 4 is 11.9 Å². The lowest BCUT2D eigenvalue weighted by atomic mass is 9.98. The maximum Gasteiger partial charge on any atom is 0.326 e. The number of hydrogen-bond donors (Lipinski definition) is 2. The summed E-state index contributed by atoms with van der Waals surface area (Å²) in [5.41, 5.74) is 0. The second kappa shape index (κ2) is 7.30. The molecule has 0 bridgehead atoms. The fourth-order valence-electron chi connectivity index (χ4n) is 2.38. The van der Waals surface area contributed by atoms with Crippen molar-refractivity contribution in [3.05, 3.63) is 0 Å². The van der Waals surface area contributed by atoms with Gasteiger partial charge in [0.15, 0.2) is 0 Å². The Morgan fingerprint density at radius 1 is 1.24 bits per heavy atom. The van der Waals surface area contributed by atoms with Gasteiger partial charge in [0, 0.05) is 5.92 Å². The number of carbonyl (C=O) groups excluding carboxylic acids is 1. The van der Waals surface area contributed by atoms with Crippen LogP contribution in [0.5, 0.6) is 0 Å². The molecule has 1 saturated carbocycles. The van der Waals surface area contributed by atoms with Crippen LogP contribution in [0.25, 0.3) is 0 Å². The number of rotatable bonds is 5. The molecule has 98 valence electrons. The number of carboxylic acids is 1. The van der Waals surface area contributed by atoms with Gasteiger partial charge in [-0.15, -0.1) is 0 Å². The smallest absolute Gasteiger partial charge is 0.326 e. The van der Waals surface area contributed by atoms with Crippen molar-refractivity contribution < 1.29 is 14.7 Å². The number of hydrogen-bond acceptors (Lipinski definition) is 2. The molecule has 0 spiro atoms. The predicted octanol–water partition coefficient (Wildman–Crippen LogP) is 2.33. The molecule has 17 heavy (non-hydrogen) atoms. The molecule has 4 nitrogen and oxygen atoms in total. The highest BCUT2D eigenvalue weighted by atomic mass is 16.4. The van der Waals surface area contributed by atoms with Crippen LogP contribution < -0.4 is 5.32 Å². The molecule has 0 heterocycles. The summed E-state index contributed by atoms with van der Waals surface area (Å²) in [6.07, 6.45) is 7.65. The Labute approximate surface area is 103 Å². The topological polar surface area (TPSA) is 66.4 Å². The molecule has 1 atom stereocenters. The van der Waals surface area contributed by atoms with Gasteiger partial charge in [0.1, 0.15) is 6.04 Å². The second-order valence-corrected chi connectivity index (χ2v) is 4.88. The first kappa shape index (κ1) is 14.0. The van der Waals surface area contributed by atoms with Gasteiger partial charge in [0.05, 0.1) is 0 Å². The van der Waals surface area contributed by atoms with Crippen LogP contribution in [-0.2, 0) is 9.59 Å². The van der Waals surface area contributed by atoms with Gasteiger partial charge in [-0.1, -0.05) is 39.0 Å². The molecule has 0 unspecified atom stereocenters. The van der Waals surface area contributed by atoms with E-state index < -0.39 is 12.0 Å². The van der Waals surface area contributed by atoms with Gasteiger partial charge in [-0.3, -0.25) is 4.79 Å². The van der Waals surface area contributed by atoms with Crippen LogP contribution >= 0.6 is 0 Å². The van der Waals surface area contributed by atoms with Crippen molar-refractivity contribution in [1.82, 2.24) is 5.32 Å². The minimum absolute atomic E-state index is 0.0243. The Morgan fingerprint density at radius 2 is 1.82 bits per heavy atom. The van der Waals surface area contributed by atoms with Crippen LogP contribution in [0.3, 0.4) is 0 Å². The second-order valence-electron chi connectivity index (χ2n) is 4.88. The quantitative estimate of drug-likeness (QED) is 0.726. The number of aliphatic carboxylic acids is 1. The fourth-order valence-corrected chi connectivity index (χ4v) is 2.38. The van der Waals surface area contributed by atoms with Crippen LogP contribution in [0, 0.1) is 5.92 Å². The molecular formula is C13H23NO3. The zero-order valence-corrected chi connectivity index (χ0v) is 10.6. The molecule has 1 fully saturated rings. The van der Waals surface area contributed by atoms with Gasteiger partial charge in [0.2, 0.25) is 5.91 Å². The highest BCUT2D eigenvalue weighted by Crippen LogP contribution is 2.23. The van der Waals surface area contributed by atoms with Crippen LogP contribution in [0.4, 0.5) is 0 Å². The highest BCUT2D eigenvalue weighted by Gasteiger charge is 2.25. The third kappa shape index (κ3) is 4.75. The molecule has 0 aliphatic heterocycles. The van der Waals surface area contributed by atoms with Crippen molar-refractivity contribution in [1.29, 1.82) is 0 Å². The number of carbonyl (C=O) groups is 2. The van der Waals surface area contributed by atoms with Gasteiger partial charge in [-0.05, 0) is 19.3 Å². The normalized spacial score (nSPS) is 19.4. The monoisotopic (exact) mass is 241 g/mol. The van der Waals surface area contributed by atoms with Gasteiger partial charge in [-0.25, -0.2) is 4.79 Å². The largest absolute Gasteiger partial charge is 0.480 e. The number of amides is 1. The molecule has 1 rings (SSSR count). The maximum atomic E-state index is 12.0. The summed E-state index contributed by atoms with van der Waals surface area (Å²) in [5.74, 6) is -0.960. The van der Waals surface area contributed by atoms with E-state index in [-0.39, 0.29) is 11.8 Å². The zero-order chi connectivity index (χ0) is 12.7. The molecule has 0 aromatic heterocycles. The maximum absolute atomic E-state index is 12.0. The Kier molecular flexibility index (Phi) is 6.01. The summed E-state index contributed by atoms with van der Waals surface area (Å²) < 4.78 is 0. The van der Waals surface area contributed by atoms with Gasteiger partial charge >= 0.3 is 5.97 Å². The number of nitrogens with one attached hydrogen (secondary N) is 1. The summed E-state index contributed by atoms with van der Waals surface area (Å²) in [5, 5.41) is 11.7. The van der Waals surface area contributed by atoms with Crippen LogP contribution in [0.1, 0.15) is 58.3 Å². The Bertz CT molecular complexity index is 257. The molecule has 1 aliphatic carbocycles. The van der Waals surface area contributed by atoms with E-state index in [9.17, 15) is 9.59 Å². The van der Waals surface area contributed by atoms with Crippen LogP contribution in [-0.4, -0.2) is 23.0 Å². The van der Waals surface area contributed by atoms with Gasteiger partial charge < -0.3 is 10.4 Å². The van der Waals surface area contributed by atoms with E-state index in [1.54, 1.807) is 0 Å². The molecule has 0 aromatic carbocycles. The third-order valence-corrected chi connectivity index (χ3v) is 3.42. The lowest BCUT2D eigenvalue weighted by Crippen LogP contribution is -2.43. The van der Waals surface area contributed by atoms with Gasteiger partial charge in [0.25, 0.3) is 0 Å².